The Labute approximate surface area is 244 Å². The van der Waals surface area contributed by atoms with Gasteiger partial charge in [-0.25, -0.2) is 13.1 Å². The molecule has 1 aliphatic heterocycles. The lowest BCUT2D eigenvalue weighted by atomic mass is 10.0. The number of hydrogen-bond acceptors (Lipinski definition) is 7. The summed E-state index contributed by atoms with van der Waals surface area (Å²) in [5, 5.41) is 7.79. The number of rotatable bonds is 8. The summed E-state index contributed by atoms with van der Waals surface area (Å²) in [4.78, 5) is 30.4. The molecule has 1 aliphatic rings. The van der Waals surface area contributed by atoms with E-state index in [1.807, 2.05) is 57.3 Å². The summed E-state index contributed by atoms with van der Waals surface area (Å²) < 4.78 is 29.5. The van der Waals surface area contributed by atoms with Crippen LogP contribution in [0.1, 0.15) is 55.0 Å². The summed E-state index contributed by atoms with van der Waals surface area (Å²) >= 11 is 1.40. The Morgan fingerprint density at radius 1 is 1.07 bits per heavy atom. The molecule has 0 aliphatic carbocycles. The maximum absolute atomic E-state index is 13.7. The number of sulfonamides is 1. The van der Waals surface area contributed by atoms with Crippen LogP contribution in [0.3, 0.4) is 0 Å². The summed E-state index contributed by atoms with van der Waals surface area (Å²) in [5.41, 5.74) is 4.07. The third kappa shape index (κ3) is 5.89. The lowest BCUT2D eigenvalue weighted by Crippen LogP contribution is -2.30. The molecular formula is C30H33N5O4S2. The van der Waals surface area contributed by atoms with E-state index in [-0.39, 0.29) is 17.3 Å². The quantitative estimate of drug-likeness (QED) is 0.319. The van der Waals surface area contributed by atoms with Gasteiger partial charge in [-0.2, -0.15) is 9.40 Å². The highest BCUT2D eigenvalue weighted by molar-refractivity contribution is 7.89. The monoisotopic (exact) mass is 591 g/mol. The van der Waals surface area contributed by atoms with Crippen molar-refractivity contribution in [2.24, 2.45) is 0 Å². The number of hydrogen-bond donors (Lipinski definition) is 1. The molecular weight excluding hydrogens is 558 g/mol. The van der Waals surface area contributed by atoms with Gasteiger partial charge in [0.1, 0.15) is 5.00 Å². The summed E-state index contributed by atoms with van der Waals surface area (Å²) in [7, 11) is -1.74. The van der Waals surface area contributed by atoms with Gasteiger partial charge in [0, 0.05) is 42.3 Å². The fraction of sp³-hybridized carbons (Fsp3) is 0.300. The van der Waals surface area contributed by atoms with Crippen molar-refractivity contribution >= 4 is 38.2 Å². The van der Waals surface area contributed by atoms with Gasteiger partial charge in [-0.3, -0.25) is 9.59 Å². The van der Waals surface area contributed by atoms with E-state index in [0.717, 1.165) is 33.9 Å². The molecule has 0 bridgehead atoms. The summed E-state index contributed by atoms with van der Waals surface area (Å²) in [6.45, 7) is 7.53. The van der Waals surface area contributed by atoms with Crippen molar-refractivity contribution in [2.75, 3.05) is 25.5 Å². The van der Waals surface area contributed by atoms with Crippen LogP contribution in [-0.2, 0) is 29.5 Å². The molecule has 11 heteroatoms. The number of amides is 1. The van der Waals surface area contributed by atoms with Gasteiger partial charge in [0.25, 0.3) is 11.8 Å². The first kappa shape index (κ1) is 28.9. The van der Waals surface area contributed by atoms with Crippen LogP contribution in [0.2, 0.25) is 0 Å². The number of likely N-dealkylation sites (N-methyl/N-ethyl adjacent to an activating group) is 1. The number of anilines is 1. The number of nitrogens with one attached hydrogen (secondary N) is 1. The van der Waals surface area contributed by atoms with E-state index in [2.05, 4.69) is 15.3 Å². The normalized spacial score (nSPS) is 13.8. The minimum absolute atomic E-state index is 0.113. The topological polar surface area (TPSA) is 105 Å². The zero-order valence-electron chi connectivity index (χ0n) is 23.5. The molecule has 0 saturated carbocycles. The van der Waals surface area contributed by atoms with E-state index in [0.29, 0.717) is 35.6 Å². The molecule has 3 heterocycles. The smallest absolute Gasteiger partial charge is 0.281 e. The Balaban J connectivity index is 1.40. The van der Waals surface area contributed by atoms with Crippen LogP contribution in [-0.4, -0.2) is 59.4 Å². The SMILES string of the molecule is CCN(Cc1ccccc1)S(=O)(=O)c1ccc(C(=O)Nc2sc3c(c2C(=O)n2nc(C)cc2C)CCN(C)C3)cc1. The van der Waals surface area contributed by atoms with Crippen LogP contribution >= 0.6 is 11.3 Å². The number of benzene rings is 2. The first-order chi connectivity index (χ1) is 19.6. The fourth-order valence-corrected chi connectivity index (χ4v) is 7.79. The molecule has 41 heavy (non-hydrogen) atoms. The molecule has 1 amide bonds. The Hall–Kier alpha value is -3.64. The number of aromatic nitrogens is 2. The Morgan fingerprint density at radius 2 is 1.78 bits per heavy atom. The van der Waals surface area contributed by atoms with Crippen LogP contribution in [0.25, 0.3) is 0 Å². The highest BCUT2D eigenvalue weighted by Gasteiger charge is 2.30. The van der Waals surface area contributed by atoms with Crippen LogP contribution in [0, 0.1) is 13.8 Å². The molecule has 0 radical (unpaired) electrons. The van der Waals surface area contributed by atoms with Gasteiger partial charge in [-0.1, -0.05) is 37.3 Å². The predicted molar refractivity (Wildman–Crippen MR) is 160 cm³/mol. The molecule has 0 spiro atoms. The Bertz CT molecular complexity index is 1690. The first-order valence-electron chi connectivity index (χ1n) is 13.4. The molecule has 0 saturated heterocycles. The van der Waals surface area contributed by atoms with Crippen LogP contribution in [0.4, 0.5) is 5.00 Å². The number of carbonyl (C=O) groups excluding carboxylic acids is 2. The van der Waals surface area contributed by atoms with Gasteiger partial charge < -0.3 is 10.2 Å². The number of carbonyl (C=O) groups is 2. The van der Waals surface area contributed by atoms with Crippen LogP contribution in [0.5, 0.6) is 0 Å². The maximum atomic E-state index is 13.7. The van der Waals surface area contributed by atoms with Gasteiger partial charge in [0.05, 0.1) is 16.2 Å². The van der Waals surface area contributed by atoms with E-state index >= 15 is 0 Å². The zero-order valence-corrected chi connectivity index (χ0v) is 25.2. The average Bonchev–Trinajstić information content (AvgIpc) is 3.49. The molecule has 9 nitrogen and oxygen atoms in total. The summed E-state index contributed by atoms with van der Waals surface area (Å²) in [5.74, 6) is -0.688. The molecule has 4 aromatic rings. The van der Waals surface area contributed by atoms with Crippen molar-refractivity contribution in [3.05, 3.63) is 99.2 Å². The van der Waals surface area contributed by atoms with Gasteiger partial charge >= 0.3 is 0 Å². The second-order valence-electron chi connectivity index (χ2n) is 10.2. The van der Waals surface area contributed by atoms with Gasteiger partial charge in [-0.15, -0.1) is 11.3 Å². The Morgan fingerprint density at radius 3 is 2.41 bits per heavy atom. The van der Waals surface area contributed by atoms with Crippen molar-refractivity contribution in [3.63, 3.8) is 0 Å². The lowest BCUT2D eigenvalue weighted by molar-refractivity contribution is 0.0942. The number of thiophene rings is 1. The molecule has 1 N–H and O–H groups in total. The fourth-order valence-electron chi connectivity index (χ4n) is 5.04. The van der Waals surface area contributed by atoms with Crippen LogP contribution in [0.15, 0.2) is 65.6 Å². The van der Waals surface area contributed by atoms with E-state index in [1.165, 1.54) is 44.6 Å². The van der Waals surface area contributed by atoms with E-state index < -0.39 is 15.9 Å². The predicted octanol–water partition coefficient (Wildman–Crippen LogP) is 4.70. The second-order valence-corrected chi connectivity index (χ2v) is 13.3. The standard InChI is InChI=1S/C30H33N5O4S2/c1-5-34(18-22-9-7-6-8-10-22)41(38,39)24-13-11-23(12-14-24)28(36)31-29-27(25-15-16-33(4)19-26(25)40-29)30(37)35-21(3)17-20(2)32-35/h6-14,17H,5,15-16,18-19H2,1-4H3,(H,31,36). The van der Waals surface area contributed by atoms with Crippen molar-refractivity contribution in [3.8, 4) is 0 Å². The van der Waals surface area contributed by atoms with Crippen molar-refractivity contribution < 1.29 is 18.0 Å². The van der Waals surface area contributed by atoms with E-state index in [4.69, 9.17) is 0 Å². The zero-order chi connectivity index (χ0) is 29.3. The minimum atomic E-state index is -3.76. The minimum Gasteiger partial charge on any atom is -0.313 e. The molecule has 5 rings (SSSR count). The van der Waals surface area contributed by atoms with Crippen molar-refractivity contribution in [2.45, 2.75) is 45.2 Å². The van der Waals surface area contributed by atoms with Gasteiger partial charge in [-0.05, 0) is 68.8 Å². The molecule has 214 valence electrons. The third-order valence-electron chi connectivity index (χ3n) is 7.20. The third-order valence-corrected chi connectivity index (χ3v) is 10.3. The number of aryl methyl sites for hydroxylation is 2. The molecule has 0 fully saturated rings. The molecule has 0 unspecified atom stereocenters. The maximum Gasteiger partial charge on any atom is 0.281 e. The highest BCUT2D eigenvalue weighted by Crippen LogP contribution is 2.38. The molecule has 2 aromatic carbocycles. The van der Waals surface area contributed by atoms with E-state index in [1.54, 1.807) is 6.92 Å². The lowest BCUT2D eigenvalue weighted by Gasteiger charge is -2.22. The number of nitrogens with zero attached hydrogens (tertiary/aromatic N) is 4. The first-order valence-corrected chi connectivity index (χ1v) is 15.7. The number of fused-ring (bicyclic) bond motifs is 1. The average molecular weight is 592 g/mol. The van der Waals surface area contributed by atoms with Crippen molar-refractivity contribution in [1.82, 2.24) is 19.0 Å². The van der Waals surface area contributed by atoms with Crippen molar-refractivity contribution in [1.29, 1.82) is 0 Å². The highest BCUT2D eigenvalue weighted by atomic mass is 32.2. The van der Waals surface area contributed by atoms with Crippen LogP contribution < -0.4 is 5.32 Å². The van der Waals surface area contributed by atoms with Gasteiger partial charge in [0.15, 0.2) is 0 Å². The van der Waals surface area contributed by atoms with E-state index in [9.17, 15) is 18.0 Å². The summed E-state index contributed by atoms with van der Waals surface area (Å²) in [6, 6.07) is 17.2. The molecule has 0 atom stereocenters. The largest absolute Gasteiger partial charge is 0.313 e. The van der Waals surface area contributed by atoms with Gasteiger partial charge in [0.2, 0.25) is 10.0 Å². The summed E-state index contributed by atoms with van der Waals surface area (Å²) in [6.07, 6.45) is 0.696. The second kappa shape index (κ2) is 11.7. The Kier molecular flexibility index (Phi) is 8.23. The molecule has 2 aromatic heterocycles.